The zero-order valence-electron chi connectivity index (χ0n) is 11.4. The van der Waals surface area contributed by atoms with Gasteiger partial charge in [-0.1, -0.05) is 41.9 Å². The van der Waals surface area contributed by atoms with Crippen LogP contribution in [0.5, 0.6) is 0 Å². The summed E-state index contributed by atoms with van der Waals surface area (Å²) >= 11 is 6.03. The molecule has 0 atom stereocenters. The van der Waals surface area contributed by atoms with Crippen molar-refractivity contribution in [1.82, 2.24) is 0 Å². The fourth-order valence-electron chi connectivity index (χ4n) is 2.09. The number of nitrogens with zero attached hydrogens (tertiary/aromatic N) is 1. The molecular weight excluding hydrogens is 294 g/mol. The second-order valence-corrected chi connectivity index (χ2v) is 6.62. The van der Waals surface area contributed by atoms with Gasteiger partial charge < -0.3 is 0 Å². The zero-order chi connectivity index (χ0) is 14.8. The summed E-state index contributed by atoms with van der Waals surface area (Å²) in [5.74, 6) is 0. The molecule has 2 rings (SSSR count). The minimum atomic E-state index is -3.66. The molecule has 0 N–H and O–H groups in total. The summed E-state index contributed by atoms with van der Waals surface area (Å²) in [6, 6.07) is 13.9. The third-order valence-electron chi connectivity index (χ3n) is 3.08. The van der Waals surface area contributed by atoms with Crippen LogP contribution >= 0.6 is 11.6 Å². The van der Waals surface area contributed by atoms with E-state index in [1.165, 1.54) is 10.4 Å². The molecule has 2 aromatic rings. The van der Waals surface area contributed by atoms with Crippen molar-refractivity contribution in [3.63, 3.8) is 0 Å². The Balaban J connectivity index is 2.58. The van der Waals surface area contributed by atoms with Crippen molar-refractivity contribution in [2.24, 2.45) is 0 Å². The molecule has 0 spiro atoms. The number of sulfonamides is 1. The third-order valence-corrected chi connectivity index (χ3v) is 5.46. The van der Waals surface area contributed by atoms with Crippen LogP contribution in [0.25, 0.3) is 0 Å². The van der Waals surface area contributed by atoms with E-state index in [-0.39, 0.29) is 9.92 Å². The summed E-state index contributed by atoms with van der Waals surface area (Å²) in [7, 11) is -3.66. The van der Waals surface area contributed by atoms with Crippen LogP contribution in [-0.4, -0.2) is 15.0 Å². The Morgan fingerprint density at radius 3 is 2.25 bits per heavy atom. The first kappa shape index (κ1) is 14.9. The number of halogens is 1. The summed E-state index contributed by atoms with van der Waals surface area (Å²) in [6.07, 6.45) is 0. The van der Waals surface area contributed by atoms with Crippen LogP contribution < -0.4 is 4.31 Å². The van der Waals surface area contributed by atoms with Gasteiger partial charge in [0.25, 0.3) is 10.0 Å². The number of hydrogen-bond donors (Lipinski definition) is 0. The molecule has 0 saturated heterocycles. The molecule has 0 fully saturated rings. The topological polar surface area (TPSA) is 37.4 Å². The quantitative estimate of drug-likeness (QED) is 0.860. The lowest BCUT2D eigenvalue weighted by Crippen LogP contribution is -2.31. The molecule has 2 aromatic carbocycles. The molecule has 0 saturated carbocycles. The molecule has 0 aliphatic carbocycles. The number of anilines is 1. The van der Waals surface area contributed by atoms with E-state index in [1.807, 2.05) is 25.1 Å². The van der Waals surface area contributed by atoms with E-state index in [4.69, 9.17) is 11.6 Å². The predicted octanol–water partition coefficient (Wildman–Crippen LogP) is 3.86. The highest BCUT2D eigenvalue weighted by Crippen LogP contribution is 2.29. The summed E-state index contributed by atoms with van der Waals surface area (Å²) in [5, 5.41) is 0.236. The van der Waals surface area contributed by atoms with Gasteiger partial charge in [0.05, 0.1) is 10.7 Å². The maximum atomic E-state index is 12.8. The van der Waals surface area contributed by atoms with E-state index in [0.717, 1.165) is 5.56 Å². The third kappa shape index (κ3) is 2.67. The van der Waals surface area contributed by atoms with Crippen molar-refractivity contribution < 1.29 is 8.42 Å². The van der Waals surface area contributed by atoms with Crippen LogP contribution in [0.4, 0.5) is 5.69 Å². The Kier molecular flexibility index (Phi) is 4.35. The lowest BCUT2D eigenvalue weighted by atomic mass is 10.2. The fourth-order valence-corrected chi connectivity index (χ4v) is 4.12. The van der Waals surface area contributed by atoms with Crippen molar-refractivity contribution in [3.05, 3.63) is 59.1 Å². The van der Waals surface area contributed by atoms with Crippen molar-refractivity contribution in [3.8, 4) is 0 Å². The molecule has 106 valence electrons. The summed E-state index contributed by atoms with van der Waals surface area (Å²) in [4.78, 5) is 0.131. The molecule has 3 nitrogen and oxygen atoms in total. The van der Waals surface area contributed by atoms with Gasteiger partial charge in [0.2, 0.25) is 0 Å². The van der Waals surface area contributed by atoms with Gasteiger partial charge in [-0.15, -0.1) is 0 Å². The summed E-state index contributed by atoms with van der Waals surface area (Å²) < 4.78 is 26.9. The first-order valence-corrected chi connectivity index (χ1v) is 8.13. The van der Waals surface area contributed by atoms with Crippen LogP contribution in [0, 0.1) is 6.92 Å². The van der Waals surface area contributed by atoms with E-state index < -0.39 is 10.0 Å². The van der Waals surface area contributed by atoms with Gasteiger partial charge in [0.1, 0.15) is 4.90 Å². The normalized spacial score (nSPS) is 11.3. The molecule has 0 aromatic heterocycles. The second kappa shape index (κ2) is 5.85. The Morgan fingerprint density at radius 1 is 1.05 bits per heavy atom. The largest absolute Gasteiger partial charge is 0.266 e. The van der Waals surface area contributed by atoms with Crippen molar-refractivity contribution in [2.75, 3.05) is 10.8 Å². The average molecular weight is 310 g/mol. The van der Waals surface area contributed by atoms with Crippen LogP contribution in [0.1, 0.15) is 12.5 Å². The minimum absolute atomic E-state index is 0.131. The van der Waals surface area contributed by atoms with Crippen LogP contribution in [-0.2, 0) is 10.0 Å². The number of aryl methyl sites for hydroxylation is 1. The predicted molar refractivity (Wildman–Crippen MR) is 82.8 cm³/mol. The van der Waals surface area contributed by atoms with Gasteiger partial charge in [-0.3, -0.25) is 4.31 Å². The van der Waals surface area contributed by atoms with Crippen molar-refractivity contribution in [2.45, 2.75) is 18.7 Å². The minimum Gasteiger partial charge on any atom is -0.266 e. The van der Waals surface area contributed by atoms with Gasteiger partial charge in [-0.25, -0.2) is 8.42 Å². The van der Waals surface area contributed by atoms with E-state index in [9.17, 15) is 8.42 Å². The molecule has 20 heavy (non-hydrogen) atoms. The molecule has 5 heteroatoms. The highest BCUT2D eigenvalue weighted by atomic mass is 35.5. The first-order valence-electron chi connectivity index (χ1n) is 6.31. The fraction of sp³-hybridized carbons (Fsp3) is 0.200. The maximum absolute atomic E-state index is 12.8. The van der Waals surface area contributed by atoms with Gasteiger partial charge in [-0.05, 0) is 37.6 Å². The van der Waals surface area contributed by atoms with E-state index in [2.05, 4.69) is 0 Å². The van der Waals surface area contributed by atoms with Gasteiger partial charge >= 0.3 is 0 Å². The summed E-state index contributed by atoms with van der Waals surface area (Å²) in [5.41, 5.74) is 1.58. The molecule has 0 aliphatic rings. The van der Waals surface area contributed by atoms with Gasteiger partial charge in [0, 0.05) is 6.54 Å². The summed E-state index contributed by atoms with van der Waals surface area (Å²) in [6.45, 7) is 4.04. The second-order valence-electron chi connectivity index (χ2n) is 4.39. The van der Waals surface area contributed by atoms with Gasteiger partial charge in [0.15, 0.2) is 0 Å². The Labute approximate surface area is 124 Å². The van der Waals surface area contributed by atoms with E-state index in [0.29, 0.717) is 12.2 Å². The standard InChI is InChI=1S/C15H16ClNO2S/c1-3-17(14-10-6-4-8-12(14)2)20(18,19)15-11-7-5-9-13(15)16/h4-11H,3H2,1-2H3. The molecule has 0 bridgehead atoms. The molecule has 0 radical (unpaired) electrons. The van der Waals surface area contributed by atoms with Crippen LogP contribution in [0.15, 0.2) is 53.4 Å². The monoisotopic (exact) mass is 309 g/mol. The Morgan fingerprint density at radius 2 is 1.65 bits per heavy atom. The Hall–Kier alpha value is -1.52. The average Bonchev–Trinajstić information content (AvgIpc) is 2.42. The molecular formula is C15H16ClNO2S. The molecule has 0 aliphatic heterocycles. The Bertz CT molecular complexity index is 713. The molecule has 0 unspecified atom stereocenters. The van der Waals surface area contributed by atoms with Crippen molar-refractivity contribution in [1.29, 1.82) is 0 Å². The highest BCUT2D eigenvalue weighted by molar-refractivity contribution is 7.93. The molecule has 0 amide bonds. The van der Waals surface area contributed by atoms with Crippen LogP contribution in [0.3, 0.4) is 0 Å². The zero-order valence-corrected chi connectivity index (χ0v) is 12.9. The van der Waals surface area contributed by atoms with Crippen molar-refractivity contribution >= 4 is 27.3 Å². The number of hydrogen-bond acceptors (Lipinski definition) is 2. The SMILES string of the molecule is CCN(c1ccccc1C)S(=O)(=O)c1ccccc1Cl. The number of para-hydroxylation sites is 1. The van der Waals surface area contributed by atoms with Crippen LogP contribution in [0.2, 0.25) is 5.02 Å². The lowest BCUT2D eigenvalue weighted by molar-refractivity contribution is 0.592. The smallest absolute Gasteiger partial charge is 0.265 e. The lowest BCUT2D eigenvalue weighted by Gasteiger charge is -2.25. The van der Waals surface area contributed by atoms with E-state index in [1.54, 1.807) is 31.2 Å². The van der Waals surface area contributed by atoms with Gasteiger partial charge in [-0.2, -0.15) is 0 Å². The van der Waals surface area contributed by atoms with E-state index >= 15 is 0 Å². The number of benzene rings is 2. The molecule has 0 heterocycles. The first-order chi connectivity index (χ1) is 9.48. The number of rotatable bonds is 4. The maximum Gasteiger partial charge on any atom is 0.265 e. The highest BCUT2D eigenvalue weighted by Gasteiger charge is 2.26.